The van der Waals surface area contributed by atoms with Crippen molar-refractivity contribution in [2.75, 3.05) is 0 Å². The van der Waals surface area contributed by atoms with Crippen LogP contribution in [0.25, 0.3) is 0 Å². The molecule has 1 aliphatic rings. The third kappa shape index (κ3) is 4.03. The molecule has 21 heavy (non-hydrogen) atoms. The fraction of sp³-hybridized carbons (Fsp3) is 0.529. The van der Waals surface area contributed by atoms with Gasteiger partial charge in [-0.15, -0.1) is 0 Å². The molecule has 2 rings (SSSR count). The van der Waals surface area contributed by atoms with Crippen LogP contribution >= 0.6 is 12.2 Å². The average Bonchev–Trinajstić information content (AvgIpc) is 2.76. The Morgan fingerprint density at radius 3 is 2.62 bits per heavy atom. The summed E-state index contributed by atoms with van der Waals surface area (Å²) in [5.74, 6) is -0.467. The van der Waals surface area contributed by atoms with Crippen LogP contribution in [0.1, 0.15) is 38.7 Å². The Kier molecular flexibility index (Phi) is 4.99. The van der Waals surface area contributed by atoms with Crippen molar-refractivity contribution >= 4 is 23.1 Å². The van der Waals surface area contributed by atoms with Crippen LogP contribution in [0.2, 0.25) is 0 Å². The van der Waals surface area contributed by atoms with E-state index in [4.69, 9.17) is 18.0 Å². The van der Waals surface area contributed by atoms with Crippen molar-refractivity contribution in [3.63, 3.8) is 0 Å². The van der Waals surface area contributed by atoms with Gasteiger partial charge in [0.1, 0.15) is 0 Å². The van der Waals surface area contributed by atoms with Gasteiger partial charge in [0.25, 0.3) is 0 Å². The lowest BCUT2D eigenvalue weighted by atomic mass is 9.87. The molecule has 0 bridgehead atoms. The second-order valence-corrected chi connectivity index (χ2v) is 7.06. The maximum absolute atomic E-state index is 12.6. The first-order valence-electron chi connectivity index (χ1n) is 7.54. The molecule has 4 heteroatoms. The summed E-state index contributed by atoms with van der Waals surface area (Å²) in [4.78, 5) is 12.8. The molecule has 2 atom stereocenters. The number of benzene rings is 1. The van der Waals surface area contributed by atoms with Gasteiger partial charge in [0.05, 0.1) is 10.9 Å². The number of nitrogens with one attached hydrogen (secondary N) is 1. The van der Waals surface area contributed by atoms with E-state index in [0.29, 0.717) is 6.42 Å². The molecule has 1 saturated carbocycles. The van der Waals surface area contributed by atoms with Crippen molar-refractivity contribution in [2.24, 2.45) is 17.1 Å². The summed E-state index contributed by atoms with van der Waals surface area (Å²) >= 11 is 5.11. The first-order chi connectivity index (χ1) is 9.90. The number of carbonyl (C=O) groups is 1. The molecule has 1 amide bonds. The van der Waals surface area contributed by atoms with Crippen LogP contribution in [0.3, 0.4) is 0 Å². The number of hydrogen-bond acceptors (Lipinski definition) is 2. The predicted octanol–water partition coefficient (Wildman–Crippen LogP) is 2.83. The molecule has 0 heterocycles. The van der Waals surface area contributed by atoms with E-state index in [1.807, 2.05) is 30.3 Å². The van der Waals surface area contributed by atoms with Gasteiger partial charge in [-0.1, -0.05) is 62.8 Å². The predicted molar refractivity (Wildman–Crippen MR) is 90.0 cm³/mol. The second-order valence-electron chi connectivity index (χ2n) is 6.59. The van der Waals surface area contributed by atoms with E-state index in [1.54, 1.807) is 0 Å². The van der Waals surface area contributed by atoms with Crippen LogP contribution < -0.4 is 11.1 Å². The van der Waals surface area contributed by atoms with Gasteiger partial charge in [0.2, 0.25) is 5.91 Å². The van der Waals surface area contributed by atoms with E-state index < -0.39 is 5.92 Å². The summed E-state index contributed by atoms with van der Waals surface area (Å²) in [6.45, 7) is 4.41. The van der Waals surface area contributed by atoms with E-state index in [-0.39, 0.29) is 22.4 Å². The number of hydrogen-bond donors (Lipinski definition) is 2. The number of rotatable bonds is 5. The number of thiocarbonyl (C=S) groups is 1. The van der Waals surface area contributed by atoms with E-state index >= 15 is 0 Å². The molecule has 114 valence electrons. The summed E-state index contributed by atoms with van der Waals surface area (Å²) in [5, 5.41) is 3.16. The van der Waals surface area contributed by atoms with Gasteiger partial charge in [-0.25, -0.2) is 0 Å². The molecule has 1 aliphatic carbocycles. The fourth-order valence-corrected chi connectivity index (χ4v) is 3.23. The average molecular weight is 304 g/mol. The van der Waals surface area contributed by atoms with Crippen molar-refractivity contribution < 1.29 is 4.79 Å². The molecule has 0 saturated heterocycles. The van der Waals surface area contributed by atoms with Gasteiger partial charge in [-0.2, -0.15) is 0 Å². The molecule has 1 fully saturated rings. The SMILES string of the molecule is CC1(C)CCCC1NC(=O)C(Cc1ccccc1)C(N)=S. The van der Waals surface area contributed by atoms with Crippen LogP contribution in [0.15, 0.2) is 30.3 Å². The van der Waals surface area contributed by atoms with Crippen LogP contribution in [-0.2, 0) is 11.2 Å². The Morgan fingerprint density at radius 2 is 2.10 bits per heavy atom. The van der Waals surface area contributed by atoms with E-state index in [0.717, 1.165) is 24.8 Å². The normalized spacial score (nSPS) is 21.7. The number of carbonyl (C=O) groups excluding carboxylic acids is 1. The van der Waals surface area contributed by atoms with Gasteiger partial charge in [0.15, 0.2) is 0 Å². The molecular formula is C17H24N2OS. The number of amides is 1. The lowest BCUT2D eigenvalue weighted by Gasteiger charge is -2.29. The number of nitrogens with two attached hydrogens (primary N) is 1. The Labute approximate surface area is 132 Å². The van der Waals surface area contributed by atoms with Crippen LogP contribution in [0, 0.1) is 11.3 Å². The minimum Gasteiger partial charge on any atom is -0.393 e. The largest absolute Gasteiger partial charge is 0.393 e. The first-order valence-corrected chi connectivity index (χ1v) is 7.94. The summed E-state index contributed by atoms with van der Waals surface area (Å²) in [6, 6.07) is 10.1. The van der Waals surface area contributed by atoms with Crippen molar-refractivity contribution in [3.05, 3.63) is 35.9 Å². The summed E-state index contributed by atoms with van der Waals surface area (Å²) < 4.78 is 0. The monoisotopic (exact) mass is 304 g/mol. The Hall–Kier alpha value is -1.42. The second kappa shape index (κ2) is 6.56. The molecule has 3 nitrogen and oxygen atoms in total. The molecule has 1 aromatic rings. The summed E-state index contributed by atoms with van der Waals surface area (Å²) in [6.07, 6.45) is 3.91. The molecule has 0 aliphatic heterocycles. The highest BCUT2D eigenvalue weighted by Crippen LogP contribution is 2.37. The smallest absolute Gasteiger partial charge is 0.230 e. The molecular weight excluding hydrogens is 280 g/mol. The summed E-state index contributed by atoms with van der Waals surface area (Å²) in [5.41, 5.74) is 7.03. The highest BCUT2D eigenvalue weighted by Gasteiger charge is 2.36. The quantitative estimate of drug-likeness (QED) is 0.823. The maximum atomic E-state index is 12.6. The highest BCUT2D eigenvalue weighted by molar-refractivity contribution is 7.80. The maximum Gasteiger partial charge on any atom is 0.230 e. The topological polar surface area (TPSA) is 55.1 Å². The van der Waals surface area contributed by atoms with Gasteiger partial charge in [0, 0.05) is 6.04 Å². The fourth-order valence-electron chi connectivity index (χ4n) is 3.04. The van der Waals surface area contributed by atoms with Gasteiger partial charge in [-0.3, -0.25) is 4.79 Å². The molecule has 2 unspecified atom stereocenters. The Bertz CT molecular complexity index is 513. The van der Waals surface area contributed by atoms with Gasteiger partial charge < -0.3 is 11.1 Å². The van der Waals surface area contributed by atoms with E-state index in [9.17, 15) is 4.79 Å². The zero-order valence-electron chi connectivity index (χ0n) is 12.8. The molecule has 0 aromatic heterocycles. The zero-order chi connectivity index (χ0) is 15.5. The highest BCUT2D eigenvalue weighted by atomic mass is 32.1. The van der Waals surface area contributed by atoms with E-state index in [2.05, 4.69) is 19.2 Å². The lowest BCUT2D eigenvalue weighted by Crippen LogP contribution is -2.47. The van der Waals surface area contributed by atoms with Crippen LogP contribution in [-0.4, -0.2) is 16.9 Å². The van der Waals surface area contributed by atoms with Crippen molar-refractivity contribution in [3.8, 4) is 0 Å². The lowest BCUT2D eigenvalue weighted by molar-refractivity contribution is -0.124. The minimum atomic E-state index is -0.432. The van der Waals surface area contributed by atoms with Crippen molar-refractivity contribution in [1.29, 1.82) is 0 Å². The standard InChI is InChI=1S/C17H24N2OS/c1-17(2)10-6-9-14(17)19-16(20)13(15(18)21)11-12-7-4-3-5-8-12/h3-5,7-8,13-14H,6,9-11H2,1-2H3,(H2,18,21)(H,19,20). The summed E-state index contributed by atoms with van der Waals surface area (Å²) in [7, 11) is 0. The zero-order valence-corrected chi connectivity index (χ0v) is 13.6. The molecule has 0 spiro atoms. The van der Waals surface area contributed by atoms with Crippen molar-refractivity contribution in [1.82, 2.24) is 5.32 Å². The Morgan fingerprint density at radius 1 is 1.43 bits per heavy atom. The van der Waals surface area contributed by atoms with Crippen LogP contribution in [0.4, 0.5) is 0 Å². The Balaban J connectivity index is 2.04. The van der Waals surface area contributed by atoms with Gasteiger partial charge >= 0.3 is 0 Å². The van der Waals surface area contributed by atoms with Crippen LogP contribution in [0.5, 0.6) is 0 Å². The third-order valence-corrected chi connectivity index (χ3v) is 4.80. The molecule has 0 radical (unpaired) electrons. The van der Waals surface area contributed by atoms with Crippen molar-refractivity contribution in [2.45, 2.75) is 45.6 Å². The molecule has 3 N–H and O–H groups in total. The van der Waals surface area contributed by atoms with E-state index in [1.165, 1.54) is 0 Å². The minimum absolute atomic E-state index is 0.0358. The third-order valence-electron chi connectivity index (χ3n) is 4.52. The molecule has 1 aromatic carbocycles. The van der Waals surface area contributed by atoms with Gasteiger partial charge in [-0.05, 0) is 30.2 Å². The first kappa shape index (κ1) is 16.0.